The van der Waals surface area contributed by atoms with Crippen molar-refractivity contribution in [3.63, 3.8) is 0 Å². The van der Waals surface area contributed by atoms with E-state index in [9.17, 15) is 4.79 Å². The molecule has 80 valence electrons. The van der Waals surface area contributed by atoms with Crippen LogP contribution in [0.3, 0.4) is 0 Å². The first kappa shape index (κ1) is 9.89. The van der Waals surface area contributed by atoms with E-state index in [-0.39, 0.29) is 5.69 Å². The molecule has 1 saturated heterocycles. The molecule has 0 aliphatic carbocycles. The summed E-state index contributed by atoms with van der Waals surface area (Å²) in [6, 6.07) is 3.43. The summed E-state index contributed by atoms with van der Waals surface area (Å²) in [5.41, 5.74) is 5.31. The van der Waals surface area contributed by atoms with Gasteiger partial charge in [0.05, 0.1) is 0 Å². The monoisotopic (exact) mass is 206 g/mol. The normalized spacial score (nSPS) is 16.4. The number of nitrogens with zero attached hydrogens (tertiary/aromatic N) is 3. The quantitative estimate of drug-likeness (QED) is 0.767. The van der Waals surface area contributed by atoms with Crippen molar-refractivity contribution in [3.05, 3.63) is 17.8 Å². The maximum absolute atomic E-state index is 10.8. The van der Waals surface area contributed by atoms with Crippen LogP contribution < -0.4 is 10.6 Å². The van der Waals surface area contributed by atoms with E-state index in [1.165, 1.54) is 19.3 Å². The SMILES string of the molecule is NC(=O)c1ccc(N2CCCCC2)nn1. The Kier molecular flexibility index (Phi) is 2.80. The van der Waals surface area contributed by atoms with Gasteiger partial charge in [0, 0.05) is 13.1 Å². The molecule has 1 fully saturated rings. The van der Waals surface area contributed by atoms with Crippen molar-refractivity contribution in [2.45, 2.75) is 19.3 Å². The van der Waals surface area contributed by atoms with Crippen LogP contribution in [0.25, 0.3) is 0 Å². The van der Waals surface area contributed by atoms with E-state index in [0.717, 1.165) is 18.9 Å². The summed E-state index contributed by atoms with van der Waals surface area (Å²) in [5, 5.41) is 7.79. The largest absolute Gasteiger partial charge is 0.364 e. The first-order valence-electron chi connectivity index (χ1n) is 5.16. The highest BCUT2D eigenvalue weighted by Gasteiger charge is 2.12. The highest BCUT2D eigenvalue weighted by molar-refractivity contribution is 5.90. The molecule has 1 aliphatic rings. The molecule has 0 aromatic carbocycles. The van der Waals surface area contributed by atoms with Gasteiger partial charge in [-0.05, 0) is 31.4 Å². The van der Waals surface area contributed by atoms with Crippen LogP contribution in [0.1, 0.15) is 29.8 Å². The zero-order valence-corrected chi connectivity index (χ0v) is 8.52. The molecule has 1 aromatic rings. The zero-order chi connectivity index (χ0) is 10.7. The fraction of sp³-hybridized carbons (Fsp3) is 0.500. The molecule has 1 aliphatic heterocycles. The van der Waals surface area contributed by atoms with Gasteiger partial charge in [0.15, 0.2) is 11.5 Å². The minimum absolute atomic E-state index is 0.218. The number of aromatic nitrogens is 2. The molecule has 1 aromatic heterocycles. The second-order valence-electron chi connectivity index (χ2n) is 3.69. The van der Waals surface area contributed by atoms with E-state index < -0.39 is 5.91 Å². The molecule has 1 amide bonds. The number of hydrogen-bond acceptors (Lipinski definition) is 4. The smallest absolute Gasteiger partial charge is 0.269 e. The molecular formula is C10H14N4O. The fourth-order valence-corrected chi connectivity index (χ4v) is 1.75. The third-order valence-corrected chi connectivity index (χ3v) is 2.58. The second kappa shape index (κ2) is 4.25. The number of rotatable bonds is 2. The lowest BCUT2D eigenvalue weighted by Gasteiger charge is -2.27. The van der Waals surface area contributed by atoms with Gasteiger partial charge in [-0.2, -0.15) is 0 Å². The number of nitrogens with two attached hydrogens (primary N) is 1. The van der Waals surface area contributed by atoms with Gasteiger partial charge < -0.3 is 10.6 Å². The van der Waals surface area contributed by atoms with E-state index in [1.807, 2.05) is 0 Å². The Balaban J connectivity index is 2.11. The van der Waals surface area contributed by atoms with E-state index >= 15 is 0 Å². The summed E-state index contributed by atoms with van der Waals surface area (Å²) in [7, 11) is 0. The first-order valence-corrected chi connectivity index (χ1v) is 5.16. The third-order valence-electron chi connectivity index (χ3n) is 2.58. The molecule has 2 rings (SSSR count). The van der Waals surface area contributed by atoms with Crippen molar-refractivity contribution in [1.82, 2.24) is 10.2 Å². The van der Waals surface area contributed by atoms with Gasteiger partial charge >= 0.3 is 0 Å². The summed E-state index contributed by atoms with van der Waals surface area (Å²) in [5.74, 6) is 0.299. The molecule has 0 bridgehead atoms. The van der Waals surface area contributed by atoms with E-state index in [1.54, 1.807) is 12.1 Å². The molecular weight excluding hydrogens is 192 g/mol. The summed E-state index contributed by atoms with van der Waals surface area (Å²) >= 11 is 0. The molecule has 2 N–H and O–H groups in total. The van der Waals surface area contributed by atoms with Gasteiger partial charge in [0.2, 0.25) is 0 Å². The van der Waals surface area contributed by atoms with Crippen LogP contribution in [0.4, 0.5) is 5.82 Å². The average molecular weight is 206 g/mol. The predicted octanol–water partition coefficient (Wildman–Crippen LogP) is 0.566. The number of piperidine rings is 1. The average Bonchev–Trinajstić information content (AvgIpc) is 2.30. The Morgan fingerprint density at radius 2 is 1.93 bits per heavy atom. The van der Waals surface area contributed by atoms with Crippen LogP contribution in [0, 0.1) is 0 Å². The van der Waals surface area contributed by atoms with Gasteiger partial charge in [0.1, 0.15) is 0 Å². The lowest BCUT2D eigenvalue weighted by atomic mass is 10.1. The molecule has 2 heterocycles. The van der Waals surface area contributed by atoms with Crippen LogP contribution in [-0.4, -0.2) is 29.2 Å². The number of carbonyl (C=O) groups is 1. The van der Waals surface area contributed by atoms with Crippen LogP contribution in [-0.2, 0) is 0 Å². The summed E-state index contributed by atoms with van der Waals surface area (Å²) in [4.78, 5) is 13.0. The Bertz CT molecular complexity index is 343. The molecule has 5 heteroatoms. The van der Waals surface area contributed by atoms with Crippen molar-refractivity contribution in [1.29, 1.82) is 0 Å². The number of amides is 1. The Morgan fingerprint density at radius 1 is 1.20 bits per heavy atom. The number of primary amides is 1. The lowest BCUT2D eigenvalue weighted by molar-refractivity contribution is 0.0994. The summed E-state index contributed by atoms with van der Waals surface area (Å²) in [6.07, 6.45) is 3.67. The standard InChI is InChI=1S/C10H14N4O/c11-10(15)8-4-5-9(13-12-8)14-6-2-1-3-7-14/h4-5H,1-3,6-7H2,(H2,11,15). The van der Waals surface area contributed by atoms with Gasteiger partial charge in [-0.1, -0.05) is 0 Å². The van der Waals surface area contributed by atoms with Gasteiger partial charge in [0.25, 0.3) is 5.91 Å². The third kappa shape index (κ3) is 2.23. The van der Waals surface area contributed by atoms with Crippen molar-refractivity contribution < 1.29 is 4.79 Å². The minimum atomic E-state index is -0.535. The van der Waals surface area contributed by atoms with Crippen molar-refractivity contribution in [3.8, 4) is 0 Å². The number of anilines is 1. The van der Waals surface area contributed by atoms with Gasteiger partial charge in [-0.3, -0.25) is 4.79 Å². The number of carbonyl (C=O) groups excluding carboxylic acids is 1. The maximum atomic E-state index is 10.8. The minimum Gasteiger partial charge on any atom is -0.364 e. The Labute approximate surface area is 88.3 Å². The molecule has 5 nitrogen and oxygen atoms in total. The molecule has 0 spiro atoms. The zero-order valence-electron chi connectivity index (χ0n) is 8.52. The van der Waals surface area contributed by atoms with Gasteiger partial charge in [-0.25, -0.2) is 0 Å². The Morgan fingerprint density at radius 3 is 2.47 bits per heavy atom. The molecule has 0 atom stereocenters. The second-order valence-corrected chi connectivity index (χ2v) is 3.69. The topological polar surface area (TPSA) is 72.1 Å². The maximum Gasteiger partial charge on any atom is 0.269 e. The van der Waals surface area contributed by atoms with Crippen LogP contribution in [0.2, 0.25) is 0 Å². The summed E-state index contributed by atoms with van der Waals surface area (Å²) in [6.45, 7) is 2.04. The van der Waals surface area contributed by atoms with E-state index in [4.69, 9.17) is 5.73 Å². The predicted molar refractivity (Wildman–Crippen MR) is 56.6 cm³/mol. The fourth-order valence-electron chi connectivity index (χ4n) is 1.75. The van der Waals surface area contributed by atoms with Gasteiger partial charge in [-0.15, -0.1) is 10.2 Å². The summed E-state index contributed by atoms with van der Waals surface area (Å²) < 4.78 is 0. The molecule has 0 unspecified atom stereocenters. The lowest BCUT2D eigenvalue weighted by Crippen LogP contribution is -2.30. The van der Waals surface area contributed by atoms with Crippen LogP contribution in [0.15, 0.2) is 12.1 Å². The molecule has 0 radical (unpaired) electrons. The highest BCUT2D eigenvalue weighted by atomic mass is 16.1. The first-order chi connectivity index (χ1) is 7.27. The number of hydrogen-bond donors (Lipinski definition) is 1. The van der Waals surface area contributed by atoms with Crippen molar-refractivity contribution in [2.75, 3.05) is 18.0 Å². The molecule has 15 heavy (non-hydrogen) atoms. The Hall–Kier alpha value is -1.65. The highest BCUT2D eigenvalue weighted by Crippen LogP contribution is 2.16. The van der Waals surface area contributed by atoms with Crippen molar-refractivity contribution >= 4 is 11.7 Å². The van der Waals surface area contributed by atoms with E-state index in [2.05, 4.69) is 15.1 Å². The molecule has 0 saturated carbocycles. The van der Waals surface area contributed by atoms with Crippen LogP contribution >= 0.6 is 0 Å². The van der Waals surface area contributed by atoms with E-state index in [0.29, 0.717) is 0 Å². The van der Waals surface area contributed by atoms with Crippen molar-refractivity contribution in [2.24, 2.45) is 5.73 Å². The van der Waals surface area contributed by atoms with Crippen LogP contribution in [0.5, 0.6) is 0 Å².